The van der Waals surface area contributed by atoms with Gasteiger partial charge in [-0.2, -0.15) is 0 Å². The number of hydrogen-bond donors (Lipinski definition) is 1. The summed E-state index contributed by atoms with van der Waals surface area (Å²) in [5.41, 5.74) is 5.13. The number of aliphatic imine (C=N–C) groups is 1. The maximum Gasteiger partial charge on any atom is 0.260 e. The van der Waals surface area contributed by atoms with Crippen molar-refractivity contribution in [1.82, 2.24) is 25.2 Å². The molecule has 1 amide bonds. The predicted molar refractivity (Wildman–Crippen MR) is 153 cm³/mol. The van der Waals surface area contributed by atoms with Gasteiger partial charge in [0.2, 0.25) is 0 Å². The molecule has 5 rings (SSSR count). The van der Waals surface area contributed by atoms with Crippen molar-refractivity contribution in [2.75, 3.05) is 13.2 Å². The molecule has 1 saturated heterocycles. The molecule has 2 aliphatic heterocycles. The molecular weight excluding hydrogens is 512 g/mol. The summed E-state index contributed by atoms with van der Waals surface area (Å²) in [4.78, 5) is 33.5. The molecule has 9 heteroatoms. The number of halogens is 1. The third-order valence-corrected chi connectivity index (χ3v) is 6.93. The van der Waals surface area contributed by atoms with Crippen LogP contribution in [0, 0.1) is 6.92 Å². The van der Waals surface area contributed by atoms with Gasteiger partial charge in [-0.25, -0.2) is 4.99 Å². The van der Waals surface area contributed by atoms with Crippen molar-refractivity contribution in [3.05, 3.63) is 107 Å². The number of carbonyl (C=O) groups excluding carboxylic acids is 1. The minimum absolute atomic E-state index is 0.142. The Bertz CT molecular complexity index is 1490. The maximum absolute atomic E-state index is 14.1. The molecule has 0 bridgehead atoms. The van der Waals surface area contributed by atoms with E-state index in [-0.39, 0.29) is 18.5 Å². The van der Waals surface area contributed by atoms with E-state index < -0.39 is 0 Å². The van der Waals surface area contributed by atoms with E-state index in [9.17, 15) is 4.79 Å². The monoisotopic (exact) mass is 540 g/mol. The van der Waals surface area contributed by atoms with Gasteiger partial charge in [-0.1, -0.05) is 42.5 Å². The zero-order valence-corrected chi connectivity index (χ0v) is 22.7. The molecule has 0 aliphatic carbocycles. The predicted octanol–water partition coefficient (Wildman–Crippen LogP) is 5.12. The Morgan fingerprint density at radius 3 is 2.82 bits per heavy atom. The van der Waals surface area contributed by atoms with Crippen molar-refractivity contribution in [2.24, 2.45) is 4.99 Å². The highest BCUT2D eigenvalue weighted by Crippen LogP contribution is 2.34. The lowest BCUT2D eigenvalue weighted by atomic mass is 9.94. The molecule has 3 aromatic rings. The van der Waals surface area contributed by atoms with Crippen LogP contribution in [0.5, 0.6) is 0 Å². The van der Waals surface area contributed by atoms with Crippen LogP contribution in [0.1, 0.15) is 30.2 Å². The number of nitrogens with one attached hydrogen (secondary N) is 1. The number of pyridine rings is 1. The summed E-state index contributed by atoms with van der Waals surface area (Å²) in [6.07, 6.45) is 11.4. The van der Waals surface area contributed by atoms with E-state index >= 15 is 0 Å². The van der Waals surface area contributed by atoms with Gasteiger partial charge >= 0.3 is 0 Å². The lowest BCUT2D eigenvalue weighted by Crippen LogP contribution is -2.41. The summed E-state index contributed by atoms with van der Waals surface area (Å²) in [7, 11) is 0. The van der Waals surface area contributed by atoms with Crippen LogP contribution in [-0.4, -0.2) is 50.9 Å². The van der Waals surface area contributed by atoms with Crippen molar-refractivity contribution in [1.29, 1.82) is 0 Å². The number of aromatic nitrogens is 3. The molecule has 1 aromatic carbocycles. The first-order valence-corrected chi connectivity index (χ1v) is 13.1. The number of ether oxygens (including phenoxy) is 1. The van der Waals surface area contributed by atoms with Crippen LogP contribution >= 0.6 is 11.6 Å². The third-order valence-electron chi connectivity index (χ3n) is 6.62. The number of amidine groups is 1. The van der Waals surface area contributed by atoms with Gasteiger partial charge in [0.05, 0.1) is 30.6 Å². The Kier molecular flexibility index (Phi) is 7.95. The van der Waals surface area contributed by atoms with Gasteiger partial charge < -0.3 is 10.1 Å². The Labute approximate surface area is 232 Å². The highest BCUT2D eigenvalue weighted by atomic mass is 35.5. The quantitative estimate of drug-likeness (QED) is 0.447. The second kappa shape index (κ2) is 11.7. The van der Waals surface area contributed by atoms with Crippen molar-refractivity contribution in [3.8, 4) is 11.3 Å². The van der Waals surface area contributed by atoms with Crippen LogP contribution in [-0.2, 0) is 16.1 Å². The Balaban J connectivity index is 1.54. The van der Waals surface area contributed by atoms with Crippen LogP contribution in [0.2, 0.25) is 5.02 Å². The van der Waals surface area contributed by atoms with Gasteiger partial charge in [0.15, 0.2) is 0 Å². The zero-order chi connectivity index (χ0) is 27.4. The largest absolute Gasteiger partial charge is 0.379 e. The summed E-state index contributed by atoms with van der Waals surface area (Å²) in [5, 5.41) is 3.76. The lowest BCUT2D eigenvalue weighted by Gasteiger charge is -2.31. The Morgan fingerprint density at radius 1 is 1.28 bits per heavy atom. The van der Waals surface area contributed by atoms with E-state index in [0.717, 1.165) is 34.5 Å². The smallest absolute Gasteiger partial charge is 0.260 e. The minimum atomic E-state index is -0.217. The van der Waals surface area contributed by atoms with Gasteiger partial charge in [0.25, 0.3) is 5.91 Å². The topological polar surface area (TPSA) is 92.6 Å². The molecule has 1 N–H and O–H groups in total. The molecule has 0 saturated carbocycles. The fourth-order valence-electron chi connectivity index (χ4n) is 4.65. The number of benzene rings is 1. The van der Waals surface area contributed by atoms with Crippen molar-refractivity contribution < 1.29 is 9.53 Å². The van der Waals surface area contributed by atoms with Crippen LogP contribution in [0.4, 0.5) is 0 Å². The van der Waals surface area contributed by atoms with E-state index in [1.165, 1.54) is 0 Å². The summed E-state index contributed by atoms with van der Waals surface area (Å²) >= 11 is 6.79. The summed E-state index contributed by atoms with van der Waals surface area (Å²) in [5.74, 6) is 0.766. The summed E-state index contributed by atoms with van der Waals surface area (Å²) < 4.78 is 5.46. The molecular formula is C30H29ClN6O2. The average Bonchev–Trinajstić information content (AvgIpc) is 3.45. The lowest BCUT2D eigenvalue weighted by molar-refractivity contribution is -0.122. The first kappa shape index (κ1) is 26.5. The average molecular weight is 541 g/mol. The number of hydrogen-bond acceptors (Lipinski definition) is 7. The van der Waals surface area contributed by atoms with Crippen LogP contribution in [0.25, 0.3) is 16.8 Å². The van der Waals surface area contributed by atoms with Gasteiger partial charge in [0, 0.05) is 58.7 Å². The zero-order valence-electron chi connectivity index (χ0n) is 21.9. The normalized spacial score (nSPS) is 19.5. The first-order chi connectivity index (χ1) is 18.9. The van der Waals surface area contributed by atoms with Crippen molar-refractivity contribution >= 4 is 28.9 Å². The van der Waals surface area contributed by atoms with E-state index in [1.807, 2.05) is 56.3 Å². The Hall–Kier alpha value is -4.14. The molecule has 1 unspecified atom stereocenters. The number of carbonyl (C=O) groups is 1. The third kappa shape index (κ3) is 5.82. The second-order valence-electron chi connectivity index (χ2n) is 9.33. The van der Waals surface area contributed by atoms with E-state index in [4.69, 9.17) is 21.3 Å². The van der Waals surface area contributed by atoms with Crippen LogP contribution in [0.15, 0.2) is 90.2 Å². The molecule has 8 nitrogen and oxygen atoms in total. The fourth-order valence-corrected chi connectivity index (χ4v) is 4.93. The first-order valence-electron chi connectivity index (χ1n) is 12.7. The fraction of sp³-hybridized carbons (Fsp3) is 0.233. The number of aryl methyl sites for hydroxylation is 1. The van der Waals surface area contributed by atoms with E-state index in [2.05, 4.69) is 26.8 Å². The Morgan fingerprint density at radius 2 is 2.13 bits per heavy atom. The molecule has 1 fully saturated rings. The maximum atomic E-state index is 14.1. The number of nitrogens with zero attached hydrogens (tertiary/aromatic N) is 5. The molecule has 0 spiro atoms. The van der Waals surface area contributed by atoms with Gasteiger partial charge in [-0.15, -0.1) is 0 Å². The standard InChI is InChI=1S/C30H29ClN6O2/c1-4-22-14-26(25-8-7-23(15-27(25)31)28-19(2)33-11-12-34-28)30(38)37(17-21-6-5-10-32-16-21)29(22)36-20(3)35-24-9-13-39-18-24/h4-8,10-12,14-16,24,35H,3,9,13,17-18H2,1-2H3/b22-4-,36-29+. The minimum Gasteiger partial charge on any atom is -0.379 e. The van der Waals surface area contributed by atoms with Crippen molar-refractivity contribution in [2.45, 2.75) is 32.9 Å². The van der Waals surface area contributed by atoms with Crippen LogP contribution in [0.3, 0.4) is 0 Å². The molecule has 4 heterocycles. The highest BCUT2D eigenvalue weighted by molar-refractivity contribution is 6.37. The summed E-state index contributed by atoms with van der Waals surface area (Å²) in [6.45, 7) is 9.51. The summed E-state index contributed by atoms with van der Waals surface area (Å²) in [6, 6.07) is 9.50. The van der Waals surface area contributed by atoms with Gasteiger partial charge in [-0.3, -0.25) is 24.6 Å². The van der Waals surface area contributed by atoms with Gasteiger partial charge in [-0.05, 0) is 44.0 Å². The molecule has 2 aromatic heterocycles. The molecule has 1 atom stereocenters. The highest BCUT2D eigenvalue weighted by Gasteiger charge is 2.32. The van der Waals surface area contributed by atoms with E-state index in [0.29, 0.717) is 41.0 Å². The second-order valence-corrected chi connectivity index (χ2v) is 9.73. The van der Waals surface area contributed by atoms with Crippen molar-refractivity contribution in [3.63, 3.8) is 0 Å². The number of allylic oxidation sites excluding steroid dienone is 1. The van der Waals surface area contributed by atoms with Crippen LogP contribution < -0.4 is 5.32 Å². The molecule has 39 heavy (non-hydrogen) atoms. The van der Waals surface area contributed by atoms with E-state index in [1.54, 1.807) is 29.7 Å². The number of amides is 1. The van der Waals surface area contributed by atoms with Gasteiger partial charge in [0.1, 0.15) is 11.7 Å². The molecule has 0 radical (unpaired) electrons. The number of rotatable bonds is 7. The molecule has 2 aliphatic rings. The molecule has 198 valence electrons. The SMILES string of the molecule is C=C(/N=C1\C(=C/C)C=C(c2ccc(-c3nccnc3C)cc2Cl)C(=O)N1Cc1cccnc1)NC1CCOC1.